The first-order valence-corrected chi connectivity index (χ1v) is 10.8. The topological polar surface area (TPSA) is 105 Å². The fraction of sp³-hybridized carbons (Fsp3) is 0.556. The minimum absolute atomic E-state index is 0.00392. The second kappa shape index (κ2) is 8.89. The minimum Gasteiger partial charge on any atom is -0.484 e. The number of rotatable bonds is 7. The summed E-state index contributed by atoms with van der Waals surface area (Å²) < 4.78 is 36.0. The Morgan fingerprint density at radius 3 is 2.75 bits per heavy atom. The van der Waals surface area contributed by atoms with Crippen LogP contribution in [0.3, 0.4) is 0 Å². The maximum absolute atomic E-state index is 12.8. The monoisotopic (exact) mass is 411 g/mol. The molecule has 2 saturated heterocycles. The van der Waals surface area contributed by atoms with Crippen molar-refractivity contribution in [2.75, 3.05) is 45.7 Å². The number of methoxy groups -OCH3 is 1. The molecule has 2 fully saturated rings. The lowest BCUT2D eigenvalue weighted by Crippen LogP contribution is -2.45. The molecule has 10 heteroatoms. The molecule has 9 nitrogen and oxygen atoms in total. The Balaban J connectivity index is 1.57. The summed E-state index contributed by atoms with van der Waals surface area (Å²) >= 11 is 0. The van der Waals surface area contributed by atoms with Gasteiger partial charge in [-0.25, -0.2) is 12.7 Å². The van der Waals surface area contributed by atoms with Gasteiger partial charge >= 0.3 is 0 Å². The zero-order chi connectivity index (χ0) is 20.1. The second-order valence-electron chi connectivity index (χ2n) is 6.83. The number of ether oxygens (including phenoxy) is 2. The standard InChI is InChI=1S/C18H25N3O6S/c1-26-9-7-21-18(23)16-11-14(12-20(16)8-10-28(21,24)25)19-17(22)13-27-15-5-3-2-4-6-15/h2-6,14,16H,7-13H2,1H3,(H,19,22)/t14-,16-/m0/s1. The number of nitrogens with zero attached hydrogens (tertiary/aromatic N) is 2. The number of nitrogens with one attached hydrogen (secondary N) is 1. The van der Waals surface area contributed by atoms with E-state index in [9.17, 15) is 18.0 Å². The van der Waals surface area contributed by atoms with E-state index >= 15 is 0 Å². The molecule has 28 heavy (non-hydrogen) atoms. The number of fused-ring (bicyclic) bond motifs is 1. The number of carbonyl (C=O) groups excluding carboxylic acids is 2. The molecule has 2 amide bonds. The molecule has 2 aliphatic heterocycles. The fourth-order valence-corrected chi connectivity index (χ4v) is 4.95. The van der Waals surface area contributed by atoms with Crippen LogP contribution in [0.5, 0.6) is 5.75 Å². The average Bonchev–Trinajstić information content (AvgIpc) is 3.05. The van der Waals surface area contributed by atoms with Gasteiger partial charge in [0.25, 0.3) is 11.8 Å². The molecule has 154 valence electrons. The number of amides is 2. The van der Waals surface area contributed by atoms with Gasteiger partial charge in [-0.1, -0.05) is 18.2 Å². The molecule has 0 unspecified atom stereocenters. The Hall–Kier alpha value is -2.17. The van der Waals surface area contributed by atoms with Gasteiger partial charge in [-0.2, -0.15) is 0 Å². The lowest BCUT2D eigenvalue weighted by molar-refractivity contribution is -0.131. The Kier molecular flexibility index (Phi) is 6.53. The summed E-state index contributed by atoms with van der Waals surface area (Å²) in [6.45, 7) is 0.725. The SMILES string of the molecule is COCCN1C(=O)[C@@H]2C[C@H](NC(=O)COc3ccccc3)CN2CCS1(=O)=O. The highest BCUT2D eigenvalue weighted by Crippen LogP contribution is 2.24. The number of para-hydroxylation sites is 1. The van der Waals surface area contributed by atoms with E-state index in [-0.39, 0.29) is 44.0 Å². The molecule has 2 heterocycles. The van der Waals surface area contributed by atoms with Gasteiger partial charge < -0.3 is 14.8 Å². The van der Waals surface area contributed by atoms with Crippen LogP contribution < -0.4 is 10.1 Å². The average molecular weight is 411 g/mol. The van der Waals surface area contributed by atoms with E-state index in [1.807, 2.05) is 23.1 Å². The fourth-order valence-electron chi connectivity index (χ4n) is 3.52. The van der Waals surface area contributed by atoms with Crippen LogP contribution in [0, 0.1) is 0 Å². The van der Waals surface area contributed by atoms with Gasteiger partial charge in [-0.3, -0.25) is 14.5 Å². The smallest absolute Gasteiger partial charge is 0.258 e. The maximum atomic E-state index is 12.8. The molecule has 0 bridgehead atoms. The molecule has 0 aromatic heterocycles. The van der Waals surface area contributed by atoms with Gasteiger partial charge in [0.2, 0.25) is 10.0 Å². The quantitative estimate of drug-likeness (QED) is 0.641. The molecule has 0 aliphatic carbocycles. The molecular formula is C18H25N3O6S. The number of benzene rings is 1. The van der Waals surface area contributed by atoms with Crippen molar-refractivity contribution in [2.45, 2.75) is 18.5 Å². The predicted molar refractivity (Wildman–Crippen MR) is 101 cm³/mol. The van der Waals surface area contributed by atoms with Gasteiger partial charge in [0.15, 0.2) is 6.61 Å². The summed E-state index contributed by atoms with van der Waals surface area (Å²) in [4.78, 5) is 26.8. The van der Waals surface area contributed by atoms with Crippen molar-refractivity contribution in [1.82, 2.24) is 14.5 Å². The number of hydrogen-bond acceptors (Lipinski definition) is 7. The van der Waals surface area contributed by atoms with Gasteiger partial charge in [0.05, 0.1) is 24.9 Å². The molecular weight excluding hydrogens is 386 g/mol. The van der Waals surface area contributed by atoms with E-state index in [4.69, 9.17) is 9.47 Å². The molecule has 2 aliphatic rings. The van der Waals surface area contributed by atoms with Crippen molar-refractivity contribution < 1.29 is 27.5 Å². The van der Waals surface area contributed by atoms with E-state index in [1.54, 1.807) is 12.1 Å². The molecule has 3 rings (SSSR count). The van der Waals surface area contributed by atoms with Crippen molar-refractivity contribution >= 4 is 21.8 Å². The zero-order valence-electron chi connectivity index (χ0n) is 15.7. The highest BCUT2D eigenvalue weighted by Gasteiger charge is 2.45. The number of hydrogen-bond donors (Lipinski definition) is 1. The van der Waals surface area contributed by atoms with Crippen LogP contribution in [0.1, 0.15) is 6.42 Å². The molecule has 0 spiro atoms. The van der Waals surface area contributed by atoms with E-state index in [0.29, 0.717) is 18.7 Å². The van der Waals surface area contributed by atoms with Crippen molar-refractivity contribution in [2.24, 2.45) is 0 Å². The number of carbonyl (C=O) groups is 2. The molecule has 1 aromatic rings. The Labute approximate surface area is 164 Å². The Morgan fingerprint density at radius 2 is 2.04 bits per heavy atom. The van der Waals surface area contributed by atoms with E-state index in [2.05, 4.69) is 5.32 Å². The van der Waals surface area contributed by atoms with Crippen LogP contribution in [0.15, 0.2) is 30.3 Å². The van der Waals surface area contributed by atoms with Crippen LogP contribution in [0.25, 0.3) is 0 Å². The van der Waals surface area contributed by atoms with E-state index < -0.39 is 22.0 Å². The zero-order valence-corrected chi connectivity index (χ0v) is 16.6. The van der Waals surface area contributed by atoms with Crippen LogP contribution in [0.4, 0.5) is 0 Å². The normalized spacial score (nSPS) is 24.5. The molecule has 1 N–H and O–H groups in total. The van der Waals surface area contributed by atoms with Gasteiger partial charge in [-0.15, -0.1) is 0 Å². The summed E-state index contributed by atoms with van der Waals surface area (Å²) in [6.07, 6.45) is 0.370. The lowest BCUT2D eigenvalue weighted by Gasteiger charge is -2.23. The summed E-state index contributed by atoms with van der Waals surface area (Å²) in [5.74, 6) is -0.252. The summed E-state index contributed by atoms with van der Waals surface area (Å²) in [6, 6.07) is 8.23. The van der Waals surface area contributed by atoms with Crippen molar-refractivity contribution in [3.05, 3.63) is 30.3 Å². The third kappa shape index (κ3) is 4.81. The molecule has 1 aromatic carbocycles. The molecule has 0 radical (unpaired) electrons. The van der Waals surface area contributed by atoms with Crippen LogP contribution in [0.2, 0.25) is 0 Å². The van der Waals surface area contributed by atoms with Gasteiger partial charge in [0, 0.05) is 26.2 Å². The molecule has 0 saturated carbocycles. The second-order valence-corrected chi connectivity index (χ2v) is 8.84. The van der Waals surface area contributed by atoms with Crippen LogP contribution in [-0.2, 0) is 24.3 Å². The first-order chi connectivity index (χ1) is 13.4. The van der Waals surface area contributed by atoms with Crippen molar-refractivity contribution in [1.29, 1.82) is 0 Å². The van der Waals surface area contributed by atoms with E-state index in [1.165, 1.54) is 7.11 Å². The lowest BCUT2D eigenvalue weighted by atomic mass is 10.1. The predicted octanol–water partition coefficient (Wildman–Crippen LogP) is -0.557. The van der Waals surface area contributed by atoms with E-state index in [0.717, 1.165) is 4.31 Å². The summed E-state index contributed by atoms with van der Waals surface area (Å²) in [5, 5.41) is 2.87. The first-order valence-electron chi connectivity index (χ1n) is 9.15. The summed E-state index contributed by atoms with van der Waals surface area (Å²) in [5.41, 5.74) is 0. The van der Waals surface area contributed by atoms with Crippen molar-refractivity contribution in [3.8, 4) is 5.75 Å². The van der Waals surface area contributed by atoms with Crippen LogP contribution in [-0.4, -0.2) is 87.2 Å². The third-order valence-corrected chi connectivity index (χ3v) is 6.62. The van der Waals surface area contributed by atoms with Crippen molar-refractivity contribution in [3.63, 3.8) is 0 Å². The van der Waals surface area contributed by atoms with Gasteiger partial charge in [0.1, 0.15) is 5.75 Å². The third-order valence-electron chi connectivity index (χ3n) is 4.88. The highest BCUT2D eigenvalue weighted by molar-refractivity contribution is 7.89. The maximum Gasteiger partial charge on any atom is 0.258 e. The summed E-state index contributed by atoms with van der Waals surface area (Å²) in [7, 11) is -2.19. The van der Waals surface area contributed by atoms with Gasteiger partial charge in [-0.05, 0) is 18.6 Å². The Morgan fingerprint density at radius 1 is 1.29 bits per heavy atom. The first kappa shape index (κ1) is 20.6. The Bertz CT molecular complexity index is 801. The van der Waals surface area contributed by atoms with Crippen LogP contribution >= 0.6 is 0 Å². The highest BCUT2D eigenvalue weighted by atomic mass is 32.2. The largest absolute Gasteiger partial charge is 0.484 e. The number of sulfonamides is 1. The minimum atomic E-state index is -3.65. The molecule has 2 atom stereocenters.